The van der Waals surface area contributed by atoms with E-state index in [1.807, 2.05) is 6.08 Å². The first-order valence-corrected chi connectivity index (χ1v) is 18.9. The molecule has 2 aliphatic rings. The topological polar surface area (TPSA) is 3.24 Å². The van der Waals surface area contributed by atoms with Crippen LogP contribution in [-0.4, -0.2) is 0 Å². The van der Waals surface area contributed by atoms with Crippen LogP contribution < -0.4 is 4.90 Å². The number of fused-ring (bicyclic) bond motifs is 7. The van der Waals surface area contributed by atoms with Gasteiger partial charge in [-0.25, -0.2) is 0 Å². The first kappa shape index (κ1) is 33.4. The van der Waals surface area contributed by atoms with Crippen LogP contribution in [0.5, 0.6) is 0 Å². The molecule has 1 heteroatoms. The Labute approximate surface area is 319 Å². The zero-order valence-corrected chi connectivity index (χ0v) is 31.1. The summed E-state index contributed by atoms with van der Waals surface area (Å²) in [7, 11) is 0. The van der Waals surface area contributed by atoms with E-state index in [0.29, 0.717) is 0 Å². The van der Waals surface area contributed by atoms with Gasteiger partial charge in [-0.1, -0.05) is 172 Å². The normalized spacial score (nSPS) is 14.8. The van der Waals surface area contributed by atoms with Gasteiger partial charge in [0.05, 0.1) is 5.41 Å². The lowest BCUT2D eigenvalue weighted by molar-refractivity contribution is 0.558. The van der Waals surface area contributed by atoms with Crippen LogP contribution >= 0.6 is 0 Å². The molecule has 0 bridgehead atoms. The van der Waals surface area contributed by atoms with Gasteiger partial charge in [-0.2, -0.15) is 0 Å². The van der Waals surface area contributed by atoms with Crippen molar-refractivity contribution in [1.82, 2.24) is 0 Å². The molecule has 0 heterocycles. The SMILES string of the molecule is C=C/C=C\C1=C(C)C2(c3ccccc3-c3ccccc32)c2cc(N(c3ccccc3)c3ccc(-c4cccc(-c5ccccc5)c4)cc3)ccc2C1(C)C. The van der Waals surface area contributed by atoms with Crippen LogP contribution in [0.1, 0.15) is 43.0 Å². The minimum atomic E-state index is -0.453. The van der Waals surface area contributed by atoms with Crippen molar-refractivity contribution in [2.45, 2.75) is 31.6 Å². The van der Waals surface area contributed by atoms with Gasteiger partial charge in [0, 0.05) is 22.5 Å². The van der Waals surface area contributed by atoms with Crippen molar-refractivity contribution in [3.8, 4) is 33.4 Å². The van der Waals surface area contributed by atoms with Crippen LogP contribution in [0.2, 0.25) is 0 Å². The molecule has 0 unspecified atom stereocenters. The molecule has 0 amide bonds. The summed E-state index contributed by atoms with van der Waals surface area (Å²) in [5.41, 5.74) is 18.2. The molecule has 9 rings (SSSR count). The quantitative estimate of drug-likeness (QED) is 0.150. The van der Waals surface area contributed by atoms with Crippen LogP contribution in [0.3, 0.4) is 0 Å². The zero-order valence-electron chi connectivity index (χ0n) is 31.1. The molecule has 0 saturated carbocycles. The van der Waals surface area contributed by atoms with Crippen molar-refractivity contribution in [2.75, 3.05) is 4.90 Å². The van der Waals surface area contributed by atoms with Gasteiger partial charge < -0.3 is 4.90 Å². The predicted octanol–water partition coefficient (Wildman–Crippen LogP) is 14.2. The Kier molecular flexibility index (Phi) is 8.17. The highest BCUT2D eigenvalue weighted by Crippen LogP contribution is 2.62. The van der Waals surface area contributed by atoms with Gasteiger partial charge in [-0.05, 0) is 116 Å². The molecule has 0 N–H and O–H groups in total. The number of hydrogen-bond acceptors (Lipinski definition) is 1. The standard InChI is InChI=1S/C53H43N/c1-5-6-26-47-37(2)53(48-27-15-13-24-45(48)46-25-14-16-28-49(46)53)51-36-44(33-34-50(51)52(47,3)4)54(42-22-11-8-12-23-42)43-31-29-39(30-32-43)41-21-17-20-40(35-41)38-18-9-7-10-19-38/h5-36H,1H2,2-4H3/b26-6-. The maximum Gasteiger partial charge on any atom is 0.0680 e. The third-order valence-corrected chi connectivity index (χ3v) is 11.8. The van der Waals surface area contributed by atoms with Crippen molar-refractivity contribution in [3.63, 3.8) is 0 Å². The lowest BCUT2D eigenvalue weighted by atomic mass is 9.55. The van der Waals surface area contributed by atoms with E-state index in [-0.39, 0.29) is 5.41 Å². The van der Waals surface area contributed by atoms with E-state index in [4.69, 9.17) is 0 Å². The van der Waals surface area contributed by atoms with Gasteiger partial charge in [0.2, 0.25) is 0 Å². The molecule has 1 nitrogen and oxygen atoms in total. The minimum absolute atomic E-state index is 0.233. The molecule has 7 aromatic rings. The Hall–Kier alpha value is -6.44. The van der Waals surface area contributed by atoms with E-state index in [1.54, 1.807) is 0 Å². The summed E-state index contributed by atoms with van der Waals surface area (Å²) in [6, 6.07) is 64.5. The van der Waals surface area contributed by atoms with Crippen LogP contribution in [0, 0.1) is 0 Å². The van der Waals surface area contributed by atoms with Crippen molar-refractivity contribution >= 4 is 17.1 Å². The Bertz CT molecular complexity index is 2540. The molecule has 0 fully saturated rings. The molecule has 0 saturated heterocycles. The third-order valence-electron chi connectivity index (χ3n) is 11.8. The molecule has 0 aliphatic heterocycles. The van der Waals surface area contributed by atoms with E-state index in [9.17, 15) is 0 Å². The van der Waals surface area contributed by atoms with Crippen LogP contribution in [0.4, 0.5) is 17.1 Å². The van der Waals surface area contributed by atoms with E-state index < -0.39 is 5.41 Å². The van der Waals surface area contributed by atoms with Crippen molar-refractivity contribution in [3.05, 3.63) is 234 Å². The van der Waals surface area contributed by atoms with Gasteiger partial charge >= 0.3 is 0 Å². The molecule has 7 aromatic carbocycles. The van der Waals surface area contributed by atoms with E-state index in [1.165, 1.54) is 66.8 Å². The molecule has 1 spiro atoms. The maximum absolute atomic E-state index is 4.04. The second-order valence-corrected chi connectivity index (χ2v) is 15.0. The van der Waals surface area contributed by atoms with Crippen LogP contribution in [-0.2, 0) is 10.8 Å². The van der Waals surface area contributed by atoms with Gasteiger partial charge in [0.25, 0.3) is 0 Å². The molecule has 2 aliphatic carbocycles. The summed E-state index contributed by atoms with van der Waals surface area (Å²) in [4.78, 5) is 2.41. The number of anilines is 3. The number of rotatable bonds is 7. The maximum atomic E-state index is 4.04. The van der Waals surface area contributed by atoms with Gasteiger partial charge in [0.1, 0.15) is 0 Å². The summed E-state index contributed by atoms with van der Waals surface area (Å²) >= 11 is 0. The Morgan fingerprint density at radius 2 is 0.981 bits per heavy atom. The minimum Gasteiger partial charge on any atom is -0.310 e. The van der Waals surface area contributed by atoms with E-state index >= 15 is 0 Å². The molecular weight excluding hydrogens is 651 g/mol. The fourth-order valence-electron chi connectivity index (χ4n) is 9.31. The molecule has 260 valence electrons. The Balaban J connectivity index is 1.24. The third kappa shape index (κ3) is 5.15. The molecule has 0 aromatic heterocycles. The number of hydrogen-bond donors (Lipinski definition) is 0. The number of allylic oxidation sites excluding steroid dienone is 5. The summed E-state index contributed by atoms with van der Waals surface area (Å²) in [6.07, 6.45) is 6.28. The highest BCUT2D eigenvalue weighted by atomic mass is 15.1. The molecule has 0 atom stereocenters. The second kappa shape index (κ2) is 13.2. The number of para-hydroxylation sites is 1. The smallest absolute Gasteiger partial charge is 0.0680 e. The summed E-state index contributed by atoms with van der Waals surface area (Å²) < 4.78 is 0. The molecule has 54 heavy (non-hydrogen) atoms. The largest absolute Gasteiger partial charge is 0.310 e. The van der Waals surface area contributed by atoms with Gasteiger partial charge in [0.15, 0.2) is 0 Å². The average Bonchev–Trinajstić information content (AvgIpc) is 3.52. The summed E-state index contributed by atoms with van der Waals surface area (Å²) in [5.74, 6) is 0. The van der Waals surface area contributed by atoms with Crippen LogP contribution in [0.15, 0.2) is 212 Å². The summed E-state index contributed by atoms with van der Waals surface area (Å²) in [6.45, 7) is 11.1. The predicted molar refractivity (Wildman–Crippen MR) is 229 cm³/mol. The average molecular weight is 694 g/mol. The highest BCUT2D eigenvalue weighted by Gasteiger charge is 2.52. The Morgan fingerprint density at radius 3 is 1.61 bits per heavy atom. The first-order valence-electron chi connectivity index (χ1n) is 18.9. The van der Waals surface area contributed by atoms with Crippen molar-refractivity contribution in [1.29, 1.82) is 0 Å². The van der Waals surface area contributed by atoms with Crippen LogP contribution in [0.25, 0.3) is 33.4 Å². The van der Waals surface area contributed by atoms with Crippen molar-refractivity contribution < 1.29 is 0 Å². The van der Waals surface area contributed by atoms with Crippen molar-refractivity contribution in [2.24, 2.45) is 0 Å². The first-order chi connectivity index (χ1) is 26.4. The summed E-state index contributed by atoms with van der Waals surface area (Å²) in [5, 5.41) is 0. The lowest BCUT2D eigenvalue weighted by Gasteiger charge is -2.47. The number of benzene rings is 7. The van der Waals surface area contributed by atoms with Gasteiger partial charge in [-0.15, -0.1) is 0 Å². The zero-order chi connectivity index (χ0) is 36.9. The fourth-order valence-corrected chi connectivity index (χ4v) is 9.31. The lowest BCUT2D eigenvalue weighted by Crippen LogP contribution is -2.40. The highest BCUT2D eigenvalue weighted by molar-refractivity contribution is 5.89. The number of nitrogens with zero attached hydrogens (tertiary/aromatic N) is 1. The van der Waals surface area contributed by atoms with E-state index in [0.717, 1.165) is 17.1 Å². The molecule has 0 radical (unpaired) electrons. The monoisotopic (exact) mass is 693 g/mol. The molecular formula is C53H43N. The second-order valence-electron chi connectivity index (χ2n) is 15.0. The Morgan fingerprint density at radius 1 is 0.463 bits per heavy atom. The van der Waals surface area contributed by atoms with Gasteiger partial charge in [-0.3, -0.25) is 0 Å². The van der Waals surface area contributed by atoms with E-state index in [2.05, 4.69) is 220 Å². The fraction of sp³-hybridized carbons (Fsp3) is 0.0943.